The second-order valence-electron chi connectivity index (χ2n) is 3.61. The Morgan fingerprint density at radius 2 is 1.50 bits per heavy atom. The number of hydrogen-bond donors (Lipinski definition) is 0. The predicted octanol–water partition coefficient (Wildman–Crippen LogP) is 5.33. The summed E-state index contributed by atoms with van der Waals surface area (Å²) < 4.78 is 2.53. The van der Waals surface area contributed by atoms with E-state index in [1.54, 1.807) is 0 Å². The molecule has 0 spiro atoms. The molecule has 2 heteroatoms. The van der Waals surface area contributed by atoms with Gasteiger partial charge in [-0.3, -0.25) is 0 Å². The van der Waals surface area contributed by atoms with Crippen LogP contribution in [0.15, 0.2) is 59.1 Å². The van der Waals surface area contributed by atoms with Gasteiger partial charge >= 0.3 is 0 Å². The first-order valence-corrected chi connectivity index (χ1v) is 6.69. The number of hydrogen-bond acceptors (Lipinski definition) is 1. The van der Waals surface area contributed by atoms with E-state index in [1.165, 1.54) is 25.0 Å². The summed E-state index contributed by atoms with van der Waals surface area (Å²) >= 11 is 5.53. The van der Waals surface area contributed by atoms with Crippen LogP contribution in [-0.2, 0) is 0 Å². The smallest absolute Gasteiger partial charge is 0.0497 e. The quantitative estimate of drug-likeness (QED) is 0.568. The van der Waals surface area contributed by atoms with Crippen molar-refractivity contribution in [1.82, 2.24) is 0 Å². The molecule has 0 radical (unpaired) electrons. The summed E-state index contributed by atoms with van der Waals surface area (Å²) in [6, 6.07) is 19.0. The van der Waals surface area contributed by atoms with E-state index in [4.69, 9.17) is 0 Å². The van der Waals surface area contributed by atoms with Gasteiger partial charge in [0.1, 0.15) is 0 Å². The Kier molecular flexibility index (Phi) is 2.54. The lowest BCUT2D eigenvalue weighted by Crippen LogP contribution is -1.71. The van der Waals surface area contributed by atoms with Crippen molar-refractivity contribution >= 4 is 37.4 Å². The minimum Gasteiger partial charge on any atom is -0.134 e. The molecule has 0 unspecified atom stereocenters. The van der Waals surface area contributed by atoms with Crippen molar-refractivity contribution in [2.75, 3.05) is 0 Å². The summed E-state index contributed by atoms with van der Waals surface area (Å²) in [5.41, 5.74) is 1.27. The van der Waals surface area contributed by atoms with E-state index in [0.717, 1.165) is 0 Å². The lowest BCUT2D eigenvalue weighted by Gasteiger charge is -1.97. The van der Waals surface area contributed by atoms with Crippen molar-refractivity contribution < 1.29 is 0 Å². The summed E-state index contributed by atoms with van der Waals surface area (Å²) in [6.45, 7) is 0. The summed E-state index contributed by atoms with van der Waals surface area (Å²) in [4.78, 5) is 1.31. The van der Waals surface area contributed by atoms with Crippen LogP contribution in [0.2, 0.25) is 0 Å². The first-order valence-electron chi connectivity index (χ1n) is 5.09. The highest BCUT2D eigenvalue weighted by molar-refractivity contribution is 9.10. The van der Waals surface area contributed by atoms with Crippen molar-refractivity contribution in [3.63, 3.8) is 0 Å². The zero-order valence-corrected chi connectivity index (χ0v) is 10.9. The van der Waals surface area contributed by atoms with E-state index < -0.39 is 0 Å². The van der Waals surface area contributed by atoms with Gasteiger partial charge in [-0.25, -0.2) is 0 Å². The second kappa shape index (κ2) is 4.04. The van der Waals surface area contributed by atoms with Crippen LogP contribution in [0.3, 0.4) is 0 Å². The van der Waals surface area contributed by atoms with Crippen LogP contribution in [0.5, 0.6) is 0 Å². The Hall–Kier alpha value is -1.12. The lowest BCUT2D eigenvalue weighted by atomic mass is 10.1. The van der Waals surface area contributed by atoms with E-state index in [2.05, 4.69) is 64.5 Å². The molecule has 3 rings (SSSR count). The maximum atomic E-state index is 3.70. The van der Waals surface area contributed by atoms with Gasteiger partial charge in [-0.15, -0.1) is 11.3 Å². The first-order chi connectivity index (χ1) is 7.86. The standard InChI is InChI=1S/C14H9BrS/c15-13-11-8-4-5-9-12(11)16-14(13)10-6-2-1-3-7-10/h1-9H. The van der Waals surface area contributed by atoms with E-state index in [9.17, 15) is 0 Å². The summed E-state index contributed by atoms with van der Waals surface area (Å²) in [6.07, 6.45) is 0. The molecule has 16 heavy (non-hydrogen) atoms. The Bertz CT molecular complexity index is 626. The molecular weight excluding hydrogens is 280 g/mol. The molecule has 0 fully saturated rings. The number of thiophene rings is 1. The Balaban J connectivity index is 2.29. The van der Waals surface area contributed by atoms with Gasteiger partial charge in [0, 0.05) is 19.4 Å². The topological polar surface area (TPSA) is 0 Å². The average Bonchev–Trinajstić information content (AvgIpc) is 2.69. The molecule has 0 nitrogen and oxygen atoms in total. The monoisotopic (exact) mass is 288 g/mol. The van der Waals surface area contributed by atoms with E-state index in [-0.39, 0.29) is 0 Å². The fourth-order valence-electron chi connectivity index (χ4n) is 1.79. The van der Waals surface area contributed by atoms with Gasteiger partial charge in [0.15, 0.2) is 0 Å². The van der Waals surface area contributed by atoms with Crippen molar-refractivity contribution in [3.8, 4) is 10.4 Å². The van der Waals surface area contributed by atoms with Crippen LogP contribution in [0.1, 0.15) is 0 Å². The van der Waals surface area contributed by atoms with Gasteiger partial charge < -0.3 is 0 Å². The van der Waals surface area contributed by atoms with Crippen LogP contribution in [0.4, 0.5) is 0 Å². The fourth-order valence-corrected chi connectivity index (χ4v) is 3.84. The number of rotatable bonds is 1. The lowest BCUT2D eigenvalue weighted by molar-refractivity contribution is 1.69. The molecule has 1 aromatic heterocycles. The summed E-state index contributed by atoms with van der Waals surface area (Å²) in [5, 5.41) is 1.30. The molecule has 0 aliphatic heterocycles. The molecule has 0 bridgehead atoms. The molecular formula is C14H9BrS. The summed E-state index contributed by atoms with van der Waals surface area (Å²) in [7, 11) is 0. The van der Waals surface area contributed by atoms with Crippen molar-refractivity contribution in [3.05, 3.63) is 59.1 Å². The highest BCUT2D eigenvalue weighted by Crippen LogP contribution is 2.41. The zero-order chi connectivity index (χ0) is 11.0. The third kappa shape index (κ3) is 1.58. The van der Waals surface area contributed by atoms with E-state index in [0.29, 0.717) is 0 Å². The predicted molar refractivity (Wildman–Crippen MR) is 75.0 cm³/mol. The van der Waals surface area contributed by atoms with Crippen LogP contribution in [0, 0.1) is 0 Å². The fraction of sp³-hybridized carbons (Fsp3) is 0. The second-order valence-corrected chi connectivity index (χ2v) is 5.45. The minimum atomic E-state index is 1.21. The van der Waals surface area contributed by atoms with Crippen molar-refractivity contribution in [1.29, 1.82) is 0 Å². The molecule has 0 amide bonds. The van der Waals surface area contributed by atoms with Crippen molar-refractivity contribution in [2.24, 2.45) is 0 Å². The molecule has 0 N–H and O–H groups in total. The maximum Gasteiger partial charge on any atom is 0.0497 e. The molecule has 0 aliphatic carbocycles. The first kappa shape index (κ1) is 10.1. The third-order valence-corrected chi connectivity index (χ3v) is 4.88. The van der Waals surface area contributed by atoms with Crippen LogP contribution >= 0.6 is 27.3 Å². The molecule has 2 aromatic carbocycles. The minimum absolute atomic E-state index is 1.21. The summed E-state index contributed by atoms with van der Waals surface area (Å²) in [5.74, 6) is 0. The number of fused-ring (bicyclic) bond motifs is 1. The van der Waals surface area contributed by atoms with Gasteiger partial charge in [-0.2, -0.15) is 0 Å². The van der Waals surface area contributed by atoms with Gasteiger partial charge in [0.05, 0.1) is 0 Å². The Morgan fingerprint density at radius 1 is 0.812 bits per heavy atom. The largest absolute Gasteiger partial charge is 0.134 e. The Labute approximate surface area is 107 Å². The highest BCUT2D eigenvalue weighted by Gasteiger charge is 2.10. The van der Waals surface area contributed by atoms with Crippen molar-refractivity contribution in [2.45, 2.75) is 0 Å². The van der Waals surface area contributed by atoms with Gasteiger partial charge in [0.2, 0.25) is 0 Å². The van der Waals surface area contributed by atoms with Gasteiger partial charge in [0.25, 0.3) is 0 Å². The SMILES string of the molecule is Brc1c(-c2ccccc2)sc2ccccc12. The molecule has 1 heterocycles. The number of halogens is 1. The van der Waals surface area contributed by atoms with Crippen LogP contribution in [0.25, 0.3) is 20.5 Å². The molecule has 0 saturated carbocycles. The molecule has 0 aliphatic rings. The highest BCUT2D eigenvalue weighted by atomic mass is 79.9. The van der Waals surface area contributed by atoms with Crippen LogP contribution < -0.4 is 0 Å². The van der Waals surface area contributed by atoms with Crippen LogP contribution in [-0.4, -0.2) is 0 Å². The number of benzene rings is 2. The van der Waals surface area contributed by atoms with E-state index in [1.807, 2.05) is 17.4 Å². The molecule has 0 saturated heterocycles. The van der Waals surface area contributed by atoms with Gasteiger partial charge in [-0.1, -0.05) is 48.5 Å². The van der Waals surface area contributed by atoms with E-state index >= 15 is 0 Å². The Morgan fingerprint density at radius 3 is 2.25 bits per heavy atom. The zero-order valence-electron chi connectivity index (χ0n) is 8.48. The van der Waals surface area contributed by atoms with Gasteiger partial charge in [-0.05, 0) is 27.6 Å². The maximum absolute atomic E-state index is 3.70. The normalized spacial score (nSPS) is 10.8. The molecule has 78 valence electrons. The molecule has 3 aromatic rings. The molecule has 0 atom stereocenters. The third-order valence-electron chi connectivity index (χ3n) is 2.57. The average molecular weight is 289 g/mol.